The van der Waals surface area contributed by atoms with Crippen LogP contribution in [0, 0.1) is 5.41 Å². The molecular weight excluding hydrogens is 216 g/mol. The molecular formula is C14H24OS. The van der Waals surface area contributed by atoms with Gasteiger partial charge in [0.1, 0.15) is 4.93 Å². The molecule has 2 heteroatoms. The molecule has 1 saturated carbocycles. The van der Waals surface area contributed by atoms with Gasteiger partial charge in [0.25, 0.3) is 0 Å². The van der Waals surface area contributed by atoms with Gasteiger partial charge in [-0.15, -0.1) is 18.3 Å². The van der Waals surface area contributed by atoms with E-state index in [1.54, 1.807) is 0 Å². The maximum absolute atomic E-state index is 6.21. The number of hydrogen-bond acceptors (Lipinski definition) is 2. The Morgan fingerprint density at radius 2 is 2.25 bits per heavy atom. The van der Waals surface area contributed by atoms with Crippen LogP contribution in [-0.2, 0) is 4.74 Å². The highest BCUT2D eigenvalue weighted by molar-refractivity contribution is 8.01. The molecule has 0 amide bonds. The van der Waals surface area contributed by atoms with Crippen LogP contribution >= 0.6 is 11.8 Å². The fourth-order valence-electron chi connectivity index (χ4n) is 3.33. The van der Waals surface area contributed by atoms with Gasteiger partial charge in [0, 0.05) is 17.3 Å². The molecule has 2 rings (SSSR count). The lowest BCUT2D eigenvalue weighted by Crippen LogP contribution is -2.38. The third kappa shape index (κ3) is 1.84. The molecule has 0 radical (unpaired) electrons. The van der Waals surface area contributed by atoms with E-state index in [1.165, 1.54) is 32.1 Å². The van der Waals surface area contributed by atoms with Crippen LogP contribution < -0.4 is 0 Å². The van der Waals surface area contributed by atoms with Gasteiger partial charge < -0.3 is 4.74 Å². The third-order valence-electron chi connectivity index (χ3n) is 4.39. The zero-order chi connectivity index (χ0) is 11.6. The lowest BCUT2D eigenvalue weighted by Gasteiger charge is -2.39. The number of rotatable bonds is 5. The minimum Gasteiger partial charge on any atom is -0.364 e. The predicted octanol–water partition coefficient (Wildman–Crippen LogP) is 4.38. The fourth-order valence-corrected chi connectivity index (χ4v) is 5.10. The Hall–Kier alpha value is 0.0500. The van der Waals surface area contributed by atoms with Crippen molar-refractivity contribution >= 4 is 11.8 Å². The maximum atomic E-state index is 6.21. The standard InChI is InChI=1S/C14H24OS/c1-4-7-13-8-6-9-14(13,15-11-10-13)16-12(3)5-2/h4,12H,1,5-11H2,2-3H3/t12-,13+,14+/m1/s1. The van der Waals surface area contributed by atoms with Gasteiger partial charge in [0.2, 0.25) is 0 Å². The van der Waals surface area contributed by atoms with Crippen LogP contribution in [0.2, 0.25) is 0 Å². The van der Waals surface area contributed by atoms with Crippen molar-refractivity contribution in [1.29, 1.82) is 0 Å². The second-order valence-electron chi connectivity index (χ2n) is 5.31. The molecule has 0 aromatic heterocycles. The first kappa shape index (κ1) is 12.5. The molecule has 0 bridgehead atoms. The van der Waals surface area contributed by atoms with E-state index in [4.69, 9.17) is 4.74 Å². The summed E-state index contributed by atoms with van der Waals surface area (Å²) < 4.78 is 6.21. The van der Waals surface area contributed by atoms with Crippen molar-refractivity contribution in [3.8, 4) is 0 Å². The average molecular weight is 240 g/mol. The molecule has 0 unspecified atom stereocenters. The Kier molecular flexibility index (Phi) is 3.70. The summed E-state index contributed by atoms with van der Waals surface area (Å²) in [6.07, 6.45) is 9.63. The molecule has 92 valence electrons. The molecule has 0 aromatic rings. The zero-order valence-corrected chi connectivity index (χ0v) is 11.4. The summed E-state index contributed by atoms with van der Waals surface area (Å²) in [5, 5.41) is 0.709. The van der Waals surface area contributed by atoms with Crippen LogP contribution in [0.4, 0.5) is 0 Å². The van der Waals surface area contributed by atoms with Crippen LogP contribution in [0.3, 0.4) is 0 Å². The van der Waals surface area contributed by atoms with Crippen molar-refractivity contribution in [2.75, 3.05) is 6.61 Å². The van der Waals surface area contributed by atoms with Crippen LogP contribution in [-0.4, -0.2) is 16.8 Å². The van der Waals surface area contributed by atoms with E-state index in [2.05, 4.69) is 38.3 Å². The van der Waals surface area contributed by atoms with Gasteiger partial charge in [-0.05, 0) is 38.5 Å². The number of fused-ring (bicyclic) bond motifs is 1. The van der Waals surface area contributed by atoms with E-state index in [9.17, 15) is 0 Å². The summed E-state index contributed by atoms with van der Waals surface area (Å²) in [5.74, 6) is 0. The van der Waals surface area contributed by atoms with Gasteiger partial charge in [-0.25, -0.2) is 0 Å². The van der Waals surface area contributed by atoms with E-state index in [0.29, 0.717) is 10.7 Å². The summed E-state index contributed by atoms with van der Waals surface area (Å²) >= 11 is 2.09. The first-order chi connectivity index (χ1) is 7.68. The van der Waals surface area contributed by atoms with Crippen molar-refractivity contribution < 1.29 is 4.74 Å². The van der Waals surface area contributed by atoms with E-state index in [-0.39, 0.29) is 4.93 Å². The first-order valence-corrected chi connectivity index (χ1v) is 7.49. The quantitative estimate of drug-likeness (QED) is 0.659. The molecule has 2 aliphatic rings. The molecule has 2 fully saturated rings. The Balaban J connectivity index is 2.18. The van der Waals surface area contributed by atoms with Gasteiger partial charge in [0.15, 0.2) is 0 Å². The number of hydrogen-bond donors (Lipinski definition) is 0. The summed E-state index contributed by atoms with van der Waals surface area (Å²) in [7, 11) is 0. The highest BCUT2D eigenvalue weighted by Crippen LogP contribution is 2.63. The molecule has 1 saturated heterocycles. The van der Waals surface area contributed by atoms with Crippen molar-refractivity contribution in [3.05, 3.63) is 12.7 Å². The molecule has 0 spiro atoms. The lowest BCUT2D eigenvalue weighted by molar-refractivity contribution is 0.0382. The van der Waals surface area contributed by atoms with E-state index in [1.807, 2.05) is 0 Å². The van der Waals surface area contributed by atoms with E-state index >= 15 is 0 Å². The predicted molar refractivity (Wildman–Crippen MR) is 71.7 cm³/mol. The van der Waals surface area contributed by atoms with Crippen molar-refractivity contribution in [3.63, 3.8) is 0 Å². The highest BCUT2D eigenvalue weighted by Gasteiger charge is 2.59. The van der Waals surface area contributed by atoms with Crippen LogP contribution in [0.15, 0.2) is 12.7 Å². The first-order valence-electron chi connectivity index (χ1n) is 6.61. The van der Waals surface area contributed by atoms with Gasteiger partial charge >= 0.3 is 0 Å². The summed E-state index contributed by atoms with van der Waals surface area (Å²) in [4.78, 5) is 0.122. The Labute approximate surface area is 104 Å². The third-order valence-corrected chi connectivity index (χ3v) is 6.26. The Bertz CT molecular complexity index is 251. The monoisotopic (exact) mass is 240 g/mol. The van der Waals surface area contributed by atoms with Crippen molar-refractivity contribution in [1.82, 2.24) is 0 Å². The summed E-state index contributed by atoms with van der Waals surface area (Å²) in [5.41, 5.74) is 0.406. The van der Waals surface area contributed by atoms with E-state index < -0.39 is 0 Å². The minimum absolute atomic E-state index is 0.122. The fraction of sp³-hybridized carbons (Fsp3) is 0.857. The molecule has 1 heterocycles. The van der Waals surface area contributed by atoms with Gasteiger partial charge in [-0.1, -0.05) is 19.9 Å². The number of thioether (sulfide) groups is 1. The molecule has 1 aliphatic heterocycles. The second kappa shape index (κ2) is 4.73. The van der Waals surface area contributed by atoms with Crippen molar-refractivity contribution in [2.45, 2.75) is 62.6 Å². The van der Waals surface area contributed by atoms with Crippen LogP contribution in [0.1, 0.15) is 52.4 Å². The summed E-state index contributed by atoms with van der Waals surface area (Å²) in [6, 6.07) is 0. The smallest absolute Gasteiger partial charge is 0.119 e. The summed E-state index contributed by atoms with van der Waals surface area (Å²) in [6.45, 7) is 9.50. The van der Waals surface area contributed by atoms with Gasteiger partial charge in [-0.3, -0.25) is 0 Å². The second-order valence-corrected chi connectivity index (χ2v) is 7.01. The number of ether oxygens (including phenoxy) is 1. The van der Waals surface area contributed by atoms with Crippen LogP contribution in [0.25, 0.3) is 0 Å². The Morgan fingerprint density at radius 3 is 2.94 bits per heavy atom. The number of allylic oxidation sites excluding steroid dienone is 1. The Morgan fingerprint density at radius 1 is 1.44 bits per heavy atom. The molecule has 1 aliphatic carbocycles. The molecule has 16 heavy (non-hydrogen) atoms. The van der Waals surface area contributed by atoms with Crippen LogP contribution in [0.5, 0.6) is 0 Å². The lowest BCUT2D eigenvalue weighted by atomic mass is 9.79. The SMILES string of the molecule is C=CC[C@@]12CCC[C@@]1(S[C@H](C)CC)OCC2. The largest absolute Gasteiger partial charge is 0.364 e. The zero-order valence-electron chi connectivity index (χ0n) is 10.6. The molecule has 1 nitrogen and oxygen atoms in total. The normalized spacial score (nSPS) is 39.6. The van der Waals surface area contributed by atoms with E-state index in [0.717, 1.165) is 13.0 Å². The molecule has 0 aromatic carbocycles. The van der Waals surface area contributed by atoms with Gasteiger partial charge in [0.05, 0.1) is 0 Å². The molecule has 3 atom stereocenters. The average Bonchev–Trinajstić information content (AvgIpc) is 2.72. The topological polar surface area (TPSA) is 9.23 Å². The maximum Gasteiger partial charge on any atom is 0.119 e. The highest BCUT2D eigenvalue weighted by atomic mass is 32.2. The van der Waals surface area contributed by atoms with Gasteiger partial charge in [-0.2, -0.15) is 0 Å². The molecule has 0 N–H and O–H groups in total. The minimum atomic E-state index is 0.122. The van der Waals surface area contributed by atoms with Crippen molar-refractivity contribution in [2.24, 2.45) is 5.41 Å².